The number of thiophene rings is 1. The van der Waals surface area contributed by atoms with E-state index in [4.69, 9.17) is 5.11 Å². The summed E-state index contributed by atoms with van der Waals surface area (Å²) >= 11 is 1.68. The molecule has 0 aliphatic rings. The first-order valence-corrected chi connectivity index (χ1v) is 7.19. The molecule has 0 amide bonds. The zero-order valence-electron chi connectivity index (χ0n) is 11.6. The second-order valence-corrected chi connectivity index (χ2v) is 5.87. The Kier molecular flexibility index (Phi) is 4.29. The van der Waals surface area contributed by atoms with Gasteiger partial charge in [0.1, 0.15) is 0 Å². The quantitative estimate of drug-likeness (QED) is 0.928. The zero-order chi connectivity index (χ0) is 14.7. The van der Waals surface area contributed by atoms with E-state index in [1.165, 1.54) is 11.1 Å². The minimum atomic E-state index is -0.988. The predicted octanol–water partition coefficient (Wildman–Crippen LogP) is 3.84. The molecule has 0 atom stereocenters. The third kappa shape index (κ3) is 3.11. The highest BCUT2D eigenvalue weighted by Gasteiger charge is 2.15. The molecular weight excluding hydrogens is 272 g/mol. The van der Waals surface area contributed by atoms with Gasteiger partial charge in [0.2, 0.25) is 0 Å². The molecule has 0 spiro atoms. The van der Waals surface area contributed by atoms with Crippen molar-refractivity contribution >= 4 is 29.5 Å². The molecule has 1 N–H and O–H groups in total. The van der Waals surface area contributed by atoms with Crippen LogP contribution in [0.2, 0.25) is 0 Å². The van der Waals surface area contributed by atoms with Crippen LogP contribution in [-0.4, -0.2) is 21.0 Å². The second-order valence-electron chi connectivity index (χ2n) is 4.75. The third-order valence-electron chi connectivity index (χ3n) is 2.93. The lowest BCUT2D eigenvalue weighted by atomic mass is 10.1. The third-order valence-corrected chi connectivity index (χ3v) is 3.79. The molecule has 5 heteroatoms. The zero-order valence-corrected chi connectivity index (χ0v) is 12.4. The molecule has 2 aromatic rings. The van der Waals surface area contributed by atoms with E-state index in [9.17, 15) is 4.79 Å². The van der Waals surface area contributed by atoms with Crippen LogP contribution in [0.5, 0.6) is 0 Å². The Morgan fingerprint density at radius 1 is 1.40 bits per heavy atom. The maximum Gasteiger partial charge on any atom is 0.339 e. The molecule has 0 aromatic carbocycles. The van der Waals surface area contributed by atoms with Gasteiger partial charge in [-0.25, -0.2) is 14.8 Å². The van der Waals surface area contributed by atoms with E-state index in [0.717, 1.165) is 5.56 Å². The Balaban J connectivity index is 2.34. The van der Waals surface area contributed by atoms with Gasteiger partial charge in [-0.3, -0.25) is 0 Å². The van der Waals surface area contributed by atoms with Crippen LogP contribution in [0.25, 0.3) is 12.2 Å². The van der Waals surface area contributed by atoms with Crippen molar-refractivity contribution in [3.8, 4) is 0 Å². The van der Waals surface area contributed by atoms with E-state index >= 15 is 0 Å². The summed E-state index contributed by atoms with van der Waals surface area (Å²) in [7, 11) is 0. The summed E-state index contributed by atoms with van der Waals surface area (Å²) in [4.78, 5) is 20.8. The SMILES string of the molecule is Cc1sccc1/C=C/c1ncc(C(=O)O)c(C(C)C)n1. The number of hydrogen-bond donors (Lipinski definition) is 1. The lowest BCUT2D eigenvalue weighted by Gasteiger charge is -2.08. The molecule has 0 bridgehead atoms. The smallest absolute Gasteiger partial charge is 0.339 e. The van der Waals surface area contributed by atoms with E-state index in [1.807, 2.05) is 37.4 Å². The Morgan fingerprint density at radius 3 is 2.70 bits per heavy atom. The number of carboxylic acids is 1. The summed E-state index contributed by atoms with van der Waals surface area (Å²) in [6.45, 7) is 5.90. The molecule has 0 aliphatic heterocycles. The van der Waals surface area contributed by atoms with Gasteiger partial charge < -0.3 is 5.11 Å². The fraction of sp³-hybridized carbons (Fsp3) is 0.267. The van der Waals surface area contributed by atoms with Crippen LogP contribution in [0.15, 0.2) is 17.6 Å². The molecule has 0 saturated carbocycles. The first-order valence-electron chi connectivity index (χ1n) is 6.31. The number of nitrogens with zero attached hydrogens (tertiary/aromatic N) is 2. The van der Waals surface area contributed by atoms with E-state index < -0.39 is 5.97 Å². The Hall–Kier alpha value is -2.01. The summed E-state index contributed by atoms with van der Waals surface area (Å²) in [5, 5.41) is 11.2. The van der Waals surface area contributed by atoms with Crippen molar-refractivity contribution in [1.29, 1.82) is 0 Å². The summed E-state index contributed by atoms with van der Waals surface area (Å²) in [6.07, 6.45) is 5.14. The molecule has 0 fully saturated rings. The van der Waals surface area contributed by atoms with Gasteiger partial charge in [-0.05, 0) is 35.9 Å². The van der Waals surface area contributed by atoms with Gasteiger partial charge in [-0.2, -0.15) is 0 Å². The van der Waals surface area contributed by atoms with Crippen LogP contribution >= 0.6 is 11.3 Å². The molecule has 2 aromatic heterocycles. The van der Waals surface area contributed by atoms with Crippen molar-refractivity contribution in [1.82, 2.24) is 9.97 Å². The topological polar surface area (TPSA) is 63.1 Å². The largest absolute Gasteiger partial charge is 0.478 e. The van der Waals surface area contributed by atoms with Crippen molar-refractivity contribution in [2.75, 3.05) is 0 Å². The average molecular weight is 288 g/mol. The van der Waals surface area contributed by atoms with Gasteiger partial charge in [-0.15, -0.1) is 11.3 Å². The fourth-order valence-electron chi connectivity index (χ4n) is 1.83. The van der Waals surface area contributed by atoms with Crippen molar-refractivity contribution in [3.63, 3.8) is 0 Å². The van der Waals surface area contributed by atoms with Crippen LogP contribution in [0, 0.1) is 6.92 Å². The van der Waals surface area contributed by atoms with Crippen LogP contribution < -0.4 is 0 Å². The number of carboxylic acid groups (broad SMARTS) is 1. The molecule has 20 heavy (non-hydrogen) atoms. The summed E-state index contributed by atoms with van der Waals surface area (Å²) in [5.74, 6) is -0.415. The minimum Gasteiger partial charge on any atom is -0.478 e. The number of aryl methyl sites for hydroxylation is 1. The average Bonchev–Trinajstić information content (AvgIpc) is 2.81. The Morgan fingerprint density at radius 2 is 2.15 bits per heavy atom. The lowest BCUT2D eigenvalue weighted by Crippen LogP contribution is -2.08. The monoisotopic (exact) mass is 288 g/mol. The molecule has 0 unspecified atom stereocenters. The number of carbonyl (C=O) groups is 1. The van der Waals surface area contributed by atoms with Crippen LogP contribution in [0.3, 0.4) is 0 Å². The number of hydrogen-bond acceptors (Lipinski definition) is 4. The maximum absolute atomic E-state index is 11.1. The van der Waals surface area contributed by atoms with E-state index in [2.05, 4.69) is 16.9 Å². The van der Waals surface area contributed by atoms with E-state index in [1.54, 1.807) is 11.3 Å². The minimum absolute atomic E-state index is 0.0409. The van der Waals surface area contributed by atoms with Crippen molar-refractivity contribution < 1.29 is 9.90 Å². The van der Waals surface area contributed by atoms with E-state index in [-0.39, 0.29) is 11.5 Å². The highest BCUT2D eigenvalue weighted by atomic mass is 32.1. The highest BCUT2D eigenvalue weighted by molar-refractivity contribution is 7.10. The standard InChI is InChI=1S/C15H16N2O2S/c1-9(2)14-12(15(18)19)8-16-13(17-14)5-4-11-6-7-20-10(11)3/h4-9H,1-3H3,(H,18,19)/b5-4+. The molecule has 0 saturated heterocycles. The lowest BCUT2D eigenvalue weighted by molar-refractivity contribution is 0.0694. The summed E-state index contributed by atoms with van der Waals surface area (Å²) in [6, 6.07) is 2.03. The fourth-order valence-corrected chi connectivity index (χ4v) is 2.52. The second kappa shape index (κ2) is 5.96. The maximum atomic E-state index is 11.1. The number of aromatic nitrogens is 2. The predicted molar refractivity (Wildman–Crippen MR) is 81.1 cm³/mol. The van der Waals surface area contributed by atoms with Gasteiger partial charge in [-0.1, -0.05) is 19.9 Å². The van der Waals surface area contributed by atoms with Crippen molar-refractivity contribution in [2.24, 2.45) is 0 Å². The van der Waals surface area contributed by atoms with Crippen LogP contribution in [0.1, 0.15) is 52.1 Å². The molecule has 0 radical (unpaired) electrons. The molecular formula is C15H16N2O2S. The molecule has 2 rings (SSSR count). The normalized spacial score (nSPS) is 11.4. The molecule has 0 aliphatic carbocycles. The first-order chi connectivity index (χ1) is 9.49. The Labute approximate surface area is 121 Å². The van der Waals surface area contributed by atoms with Gasteiger partial charge in [0.15, 0.2) is 5.82 Å². The Bertz CT molecular complexity index is 660. The van der Waals surface area contributed by atoms with Gasteiger partial charge in [0.25, 0.3) is 0 Å². The summed E-state index contributed by atoms with van der Waals surface area (Å²) in [5.41, 5.74) is 1.87. The van der Waals surface area contributed by atoms with Crippen LogP contribution in [-0.2, 0) is 0 Å². The molecule has 4 nitrogen and oxygen atoms in total. The van der Waals surface area contributed by atoms with Gasteiger partial charge in [0.05, 0.1) is 11.3 Å². The van der Waals surface area contributed by atoms with Gasteiger partial charge in [0, 0.05) is 11.1 Å². The highest BCUT2D eigenvalue weighted by Crippen LogP contribution is 2.19. The number of aromatic carboxylic acids is 1. The van der Waals surface area contributed by atoms with Crippen molar-refractivity contribution in [3.05, 3.63) is 45.2 Å². The first kappa shape index (κ1) is 14.4. The summed E-state index contributed by atoms with van der Waals surface area (Å²) < 4.78 is 0. The van der Waals surface area contributed by atoms with Crippen LogP contribution in [0.4, 0.5) is 0 Å². The molecule has 104 valence electrons. The molecule has 2 heterocycles. The van der Waals surface area contributed by atoms with Gasteiger partial charge >= 0.3 is 5.97 Å². The van der Waals surface area contributed by atoms with E-state index in [0.29, 0.717) is 11.5 Å². The number of rotatable bonds is 4. The van der Waals surface area contributed by atoms with Crippen molar-refractivity contribution in [2.45, 2.75) is 26.7 Å².